The summed E-state index contributed by atoms with van der Waals surface area (Å²) in [6, 6.07) is 11.4. The molecule has 0 aliphatic rings. The monoisotopic (exact) mass is 498 g/mol. The van der Waals surface area contributed by atoms with Crippen LogP contribution < -0.4 is 0 Å². The molecule has 0 aliphatic heterocycles. The molecule has 0 aliphatic carbocycles. The molecule has 0 atom stereocenters. The SMILES string of the molecule is CCCCCCCCCCCCc1ccsc1-c1ccsc1-c1ccsc1-c1cccs1. The van der Waals surface area contributed by atoms with Crippen LogP contribution in [-0.2, 0) is 6.42 Å². The van der Waals surface area contributed by atoms with Crippen molar-refractivity contribution in [1.82, 2.24) is 0 Å². The summed E-state index contributed by atoms with van der Waals surface area (Å²) >= 11 is 7.51. The summed E-state index contributed by atoms with van der Waals surface area (Å²) in [5.41, 5.74) is 4.38. The van der Waals surface area contributed by atoms with Gasteiger partial charge in [-0.3, -0.25) is 0 Å². The van der Waals surface area contributed by atoms with Gasteiger partial charge in [0.1, 0.15) is 0 Å². The second-order valence-corrected chi connectivity index (χ2v) is 12.2. The largest absolute Gasteiger partial charge is 0.143 e. The summed E-state index contributed by atoms with van der Waals surface area (Å²) in [5.74, 6) is 0. The van der Waals surface area contributed by atoms with E-state index in [0.717, 1.165) is 0 Å². The minimum Gasteiger partial charge on any atom is -0.143 e. The third-order valence-corrected chi connectivity index (χ3v) is 10.0. The molecule has 4 rings (SSSR count). The molecule has 0 nitrogen and oxygen atoms in total. The second kappa shape index (κ2) is 12.9. The molecule has 4 heterocycles. The van der Waals surface area contributed by atoms with E-state index in [1.807, 2.05) is 45.3 Å². The van der Waals surface area contributed by atoms with Gasteiger partial charge >= 0.3 is 0 Å². The van der Waals surface area contributed by atoms with Crippen LogP contribution in [0.1, 0.15) is 76.7 Å². The van der Waals surface area contributed by atoms with Gasteiger partial charge in [-0.1, -0.05) is 70.8 Å². The molecule has 4 aromatic heterocycles. The van der Waals surface area contributed by atoms with Crippen LogP contribution in [0.2, 0.25) is 0 Å². The first-order valence-corrected chi connectivity index (χ1v) is 15.7. The lowest BCUT2D eigenvalue weighted by Crippen LogP contribution is -1.88. The third-order valence-electron chi connectivity index (χ3n) is 6.11. The van der Waals surface area contributed by atoms with Crippen LogP contribution >= 0.6 is 45.3 Å². The number of unbranched alkanes of at least 4 members (excludes halogenated alkanes) is 9. The average Bonchev–Trinajstić information content (AvgIpc) is 3.61. The lowest BCUT2D eigenvalue weighted by Gasteiger charge is -2.07. The van der Waals surface area contributed by atoms with E-state index in [0.29, 0.717) is 0 Å². The molecular weight excluding hydrogens is 465 g/mol. The first kappa shape index (κ1) is 23.9. The summed E-state index contributed by atoms with van der Waals surface area (Å²) in [6.07, 6.45) is 15.2. The van der Waals surface area contributed by atoms with Crippen molar-refractivity contribution in [3.05, 3.63) is 57.4 Å². The molecule has 0 spiro atoms. The maximum atomic E-state index is 2.36. The summed E-state index contributed by atoms with van der Waals surface area (Å²) in [6.45, 7) is 2.29. The van der Waals surface area contributed by atoms with Gasteiger partial charge in [0, 0.05) is 25.8 Å². The van der Waals surface area contributed by atoms with Crippen molar-refractivity contribution in [2.75, 3.05) is 0 Å². The number of hydrogen-bond donors (Lipinski definition) is 0. The molecule has 0 radical (unpaired) electrons. The molecule has 4 heteroatoms. The number of aryl methyl sites for hydroxylation is 1. The van der Waals surface area contributed by atoms with Crippen LogP contribution in [-0.4, -0.2) is 0 Å². The molecular formula is C28H34S4. The third kappa shape index (κ3) is 6.22. The molecule has 0 bridgehead atoms. The molecule has 170 valence electrons. The van der Waals surface area contributed by atoms with Crippen LogP contribution in [0.5, 0.6) is 0 Å². The maximum absolute atomic E-state index is 2.36. The first-order chi connectivity index (χ1) is 15.9. The molecule has 0 saturated heterocycles. The summed E-state index contributed by atoms with van der Waals surface area (Å²) in [5, 5.41) is 8.98. The Kier molecular flexibility index (Phi) is 9.64. The Labute approximate surface area is 210 Å². The minimum atomic E-state index is 1.21. The van der Waals surface area contributed by atoms with Crippen molar-refractivity contribution in [1.29, 1.82) is 0 Å². The molecule has 0 unspecified atom stereocenters. The predicted molar refractivity (Wildman–Crippen MR) is 150 cm³/mol. The smallest absolute Gasteiger partial charge is 0.0529 e. The molecule has 0 amide bonds. The zero-order valence-electron chi connectivity index (χ0n) is 19.1. The molecule has 0 saturated carbocycles. The Morgan fingerprint density at radius 1 is 0.531 bits per heavy atom. The Bertz CT molecular complexity index is 1030. The van der Waals surface area contributed by atoms with Gasteiger partial charge in [0.05, 0.1) is 4.88 Å². The highest BCUT2D eigenvalue weighted by Gasteiger charge is 2.18. The minimum absolute atomic E-state index is 1.21. The number of thiophene rings is 4. The fourth-order valence-corrected chi connectivity index (χ4v) is 8.19. The Morgan fingerprint density at radius 2 is 1.12 bits per heavy atom. The van der Waals surface area contributed by atoms with Crippen LogP contribution in [0.25, 0.3) is 30.6 Å². The van der Waals surface area contributed by atoms with Crippen LogP contribution in [0.15, 0.2) is 51.9 Å². The van der Waals surface area contributed by atoms with Crippen molar-refractivity contribution in [3.63, 3.8) is 0 Å². The van der Waals surface area contributed by atoms with Crippen molar-refractivity contribution >= 4 is 45.3 Å². The van der Waals surface area contributed by atoms with Crippen molar-refractivity contribution in [3.8, 4) is 30.6 Å². The predicted octanol–water partition coefficient (Wildman–Crippen LogP) is 11.4. The number of hydrogen-bond acceptors (Lipinski definition) is 4. The maximum Gasteiger partial charge on any atom is 0.0529 e. The highest BCUT2D eigenvalue weighted by molar-refractivity contribution is 7.21. The van der Waals surface area contributed by atoms with Gasteiger partial charge in [-0.25, -0.2) is 0 Å². The topological polar surface area (TPSA) is 0 Å². The van der Waals surface area contributed by atoms with Crippen LogP contribution in [0.4, 0.5) is 0 Å². The summed E-state index contributed by atoms with van der Waals surface area (Å²) in [4.78, 5) is 5.71. The van der Waals surface area contributed by atoms with E-state index in [4.69, 9.17) is 0 Å². The average molecular weight is 499 g/mol. The Hall–Kier alpha value is -1.20. The summed E-state index contributed by atoms with van der Waals surface area (Å²) < 4.78 is 0. The van der Waals surface area contributed by atoms with Crippen molar-refractivity contribution in [2.45, 2.75) is 77.6 Å². The fourth-order valence-electron chi connectivity index (χ4n) is 4.36. The van der Waals surface area contributed by atoms with Gasteiger partial charge in [0.25, 0.3) is 0 Å². The van der Waals surface area contributed by atoms with Crippen LogP contribution in [0, 0.1) is 0 Å². The van der Waals surface area contributed by atoms with E-state index < -0.39 is 0 Å². The standard InChI is InChI=1S/C28H34S4/c1-2-3-4-5-6-7-8-9-10-11-13-22-15-19-30-26(22)23-16-20-31-27(23)24-17-21-32-28(24)25-14-12-18-29-25/h12,14-21H,2-11,13H2,1H3. The molecule has 32 heavy (non-hydrogen) atoms. The highest BCUT2D eigenvalue weighted by atomic mass is 32.1. The van der Waals surface area contributed by atoms with Crippen molar-refractivity contribution in [2.24, 2.45) is 0 Å². The van der Waals surface area contributed by atoms with E-state index in [9.17, 15) is 0 Å². The fraction of sp³-hybridized carbons (Fsp3) is 0.429. The lowest BCUT2D eigenvalue weighted by atomic mass is 10.0. The van der Waals surface area contributed by atoms with Gasteiger partial charge in [-0.2, -0.15) is 0 Å². The van der Waals surface area contributed by atoms with E-state index >= 15 is 0 Å². The van der Waals surface area contributed by atoms with Gasteiger partial charge < -0.3 is 0 Å². The Balaban J connectivity index is 1.33. The molecule has 0 fully saturated rings. The highest BCUT2D eigenvalue weighted by Crippen LogP contribution is 2.46. The van der Waals surface area contributed by atoms with Gasteiger partial charge in [0.15, 0.2) is 0 Å². The van der Waals surface area contributed by atoms with Gasteiger partial charge in [0.2, 0.25) is 0 Å². The summed E-state index contributed by atoms with van der Waals surface area (Å²) in [7, 11) is 0. The van der Waals surface area contributed by atoms with E-state index in [1.54, 1.807) is 5.56 Å². The first-order valence-electron chi connectivity index (χ1n) is 12.1. The van der Waals surface area contributed by atoms with Crippen LogP contribution in [0.3, 0.4) is 0 Å². The quantitative estimate of drug-likeness (QED) is 0.152. The Morgan fingerprint density at radius 3 is 1.81 bits per heavy atom. The number of rotatable bonds is 14. The van der Waals surface area contributed by atoms with E-state index in [1.165, 1.54) is 101 Å². The molecule has 0 N–H and O–H groups in total. The normalized spacial score (nSPS) is 11.4. The van der Waals surface area contributed by atoms with Crippen molar-refractivity contribution < 1.29 is 0 Å². The van der Waals surface area contributed by atoms with Gasteiger partial charge in [-0.05, 0) is 64.2 Å². The zero-order chi connectivity index (χ0) is 22.0. The molecule has 0 aromatic carbocycles. The molecule has 4 aromatic rings. The lowest BCUT2D eigenvalue weighted by molar-refractivity contribution is 0.556. The van der Waals surface area contributed by atoms with Gasteiger partial charge in [-0.15, -0.1) is 45.3 Å². The van der Waals surface area contributed by atoms with E-state index in [2.05, 4.69) is 58.8 Å². The van der Waals surface area contributed by atoms with E-state index in [-0.39, 0.29) is 0 Å². The zero-order valence-corrected chi connectivity index (χ0v) is 22.4. The second-order valence-electron chi connectivity index (χ2n) is 8.51.